The molecule has 0 spiro atoms. The summed E-state index contributed by atoms with van der Waals surface area (Å²) in [6, 6.07) is 4.81. The minimum atomic E-state index is -0.866. The van der Waals surface area contributed by atoms with Gasteiger partial charge in [0.15, 0.2) is 0 Å². The van der Waals surface area contributed by atoms with Crippen LogP contribution in [0.3, 0.4) is 0 Å². The normalized spacial score (nSPS) is 10.5. The van der Waals surface area contributed by atoms with Crippen LogP contribution < -0.4 is 4.74 Å². The summed E-state index contributed by atoms with van der Waals surface area (Å²) in [5.74, 6) is -0.643. The van der Waals surface area contributed by atoms with Gasteiger partial charge in [-0.25, -0.2) is 0 Å². The van der Waals surface area contributed by atoms with E-state index in [1.165, 1.54) is 7.11 Å². The van der Waals surface area contributed by atoms with Crippen LogP contribution in [0.4, 0.5) is 0 Å². The van der Waals surface area contributed by atoms with Gasteiger partial charge < -0.3 is 14.7 Å². The van der Waals surface area contributed by atoms with Crippen LogP contribution in [0.15, 0.2) is 18.2 Å². The lowest BCUT2D eigenvalue weighted by atomic mass is 10.1. The average molecular weight is 314 g/mol. The van der Waals surface area contributed by atoms with E-state index >= 15 is 0 Å². The highest BCUT2D eigenvalue weighted by Crippen LogP contribution is 2.25. The first kappa shape index (κ1) is 17.3. The Hall–Kier alpha value is -1.75. The lowest BCUT2D eigenvalue weighted by Gasteiger charge is -2.27. The molecule has 0 radical (unpaired) electrons. The van der Waals surface area contributed by atoms with E-state index in [0.717, 1.165) is 0 Å². The van der Waals surface area contributed by atoms with Crippen molar-refractivity contribution in [3.63, 3.8) is 0 Å². The van der Waals surface area contributed by atoms with Crippen molar-refractivity contribution in [3.8, 4) is 5.75 Å². The van der Waals surface area contributed by atoms with Gasteiger partial charge in [-0.05, 0) is 38.5 Å². The molecule has 1 aromatic rings. The first-order valence-electron chi connectivity index (χ1n) is 6.73. The minimum absolute atomic E-state index is 0.0355. The molecule has 0 aromatic heterocycles. The molecule has 116 valence electrons. The number of carboxylic acid groups (broad SMARTS) is 1. The number of halogens is 1. The maximum Gasteiger partial charge on any atom is 0.303 e. The van der Waals surface area contributed by atoms with Gasteiger partial charge in [0, 0.05) is 24.0 Å². The zero-order chi connectivity index (χ0) is 16.0. The van der Waals surface area contributed by atoms with Crippen molar-refractivity contribution in [2.24, 2.45) is 0 Å². The predicted molar refractivity (Wildman–Crippen MR) is 81.0 cm³/mol. The number of methoxy groups -OCH3 is 1. The summed E-state index contributed by atoms with van der Waals surface area (Å²) >= 11 is 5.89. The summed E-state index contributed by atoms with van der Waals surface area (Å²) in [5.41, 5.74) is 0.422. The standard InChI is InChI=1S/C15H20ClNO4/c1-10(2)17(8-4-5-14(18)19)15(20)12-7-6-11(16)9-13(12)21-3/h6-7,9-10H,4-5,8H2,1-3H3,(H,18,19). The van der Waals surface area contributed by atoms with Gasteiger partial charge in [-0.15, -0.1) is 0 Å². The summed E-state index contributed by atoms with van der Waals surface area (Å²) in [5, 5.41) is 9.19. The molecule has 1 aromatic carbocycles. The minimum Gasteiger partial charge on any atom is -0.496 e. The molecule has 0 saturated heterocycles. The summed E-state index contributed by atoms with van der Waals surface area (Å²) < 4.78 is 5.19. The Morgan fingerprint density at radius 3 is 2.57 bits per heavy atom. The molecule has 1 amide bonds. The number of carboxylic acids is 1. The van der Waals surface area contributed by atoms with Crippen LogP contribution in [0.1, 0.15) is 37.0 Å². The molecular formula is C15H20ClNO4. The van der Waals surface area contributed by atoms with Gasteiger partial charge in [0.1, 0.15) is 5.75 Å². The number of hydrogen-bond donors (Lipinski definition) is 1. The van der Waals surface area contributed by atoms with Crippen LogP contribution in [0.25, 0.3) is 0 Å². The van der Waals surface area contributed by atoms with Gasteiger partial charge >= 0.3 is 5.97 Å². The summed E-state index contributed by atoms with van der Waals surface area (Å²) in [4.78, 5) is 24.8. The van der Waals surface area contributed by atoms with Crippen molar-refractivity contribution >= 4 is 23.5 Å². The number of ether oxygens (including phenoxy) is 1. The first-order valence-corrected chi connectivity index (χ1v) is 7.11. The van der Waals surface area contributed by atoms with E-state index in [1.54, 1.807) is 23.1 Å². The second kappa shape index (κ2) is 7.88. The molecule has 0 fully saturated rings. The quantitative estimate of drug-likeness (QED) is 0.840. The Kier molecular flexibility index (Phi) is 6.49. The Labute approximate surface area is 129 Å². The van der Waals surface area contributed by atoms with E-state index < -0.39 is 5.97 Å². The van der Waals surface area contributed by atoms with Gasteiger partial charge in [-0.3, -0.25) is 9.59 Å². The highest BCUT2D eigenvalue weighted by atomic mass is 35.5. The topological polar surface area (TPSA) is 66.8 Å². The lowest BCUT2D eigenvalue weighted by molar-refractivity contribution is -0.137. The van der Waals surface area contributed by atoms with Crippen molar-refractivity contribution in [3.05, 3.63) is 28.8 Å². The van der Waals surface area contributed by atoms with E-state index in [0.29, 0.717) is 29.3 Å². The number of amides is 1. The SMILES string of the molecule is COc1cc(Cl)ccc1C(=O)N(CCCC(=O)O)C(C)C. The molecule has 0 aliphatic rings. The molecule has 0 bridgehead atoms. The van der Waals surface area contributed by atoms with Gasteiger partial charge in [-0.2, -0.15) is 0 Å². The zero-order valence-electron chi connectivity index (χ0n) is 12.4. The third kappa shape index (κ3) is 4.93. The largest absolute Gasteiger partial charge is 0.496 e. The maximum atomic E-state index is 12.6. The highest BCUT2D eigenvalue weighted by molar-refractivity contribution is 6.30. The van der Waals surface area contributed by atoms with Gasteiger partial charge in [0.2, 0.25) is 0 Å². The summed E-state index contributed by atoms with van der Waals surface area (Å²) in [6.07, 6.45) is 0.448. The third-order valence-electron chi connectivity index (χ3n) is 3.07. The van der Waals surface area contributed by atoms with Gasteiger partial charge in [0.05, 0.1) is 12.7 Å². The molecule has 6 heteroatoms. The molecule has 0 heterocycles. The number of carbonyl (C=O) groups excluding carboxylic acids is 1. The molecule has 1 rings (SSSR count). The van der Waals surface area contributed by atoms with Crippen LogP contribution in [-0.4, -0.2) is 41.6 Å². The smallest absolute Gasteiger partial charge is 0.303 e. The van der Waals surface area contributed by atoms with Crippen LogP contribution >= 0.6 is 11.6 Å². The van der Waals surface area contributed by atoms with Gasteiger partial charge in [-0.1, -0.05) is 11.6 Å². The molecular weight excluding hydrogens is 294 g/mol. The number of rotatable bonds is 7. The van der Waals surface area contributed by atoms with Crippen molar-refractivity contribution in [2.45, 2.75) is 32.7 Å². The van der Waals surface area contributed by atoms with E-state index in [2.05, 4.69) is 0 Å². The van der Waals surface area contributed by atoms with Crippen molar-refractivity contribution in [2.75, 3.05) is 13.7 Å². The van der Waals surface area contributed by atoms with Crippen molar-refractivity contribution in [1.82, 2.24) is 4.90 Å². The molecule has 1 N–H and O–H groups in total. The highest BCUT2D eigenvalue weighted by Gasteiger charge is 2.22. The van der Waals surface area contributed by atoms with Gasteiger partial charge in [0.25, 0.3) is 5.91 Å². The predicted octanol–water partition coefficient (Wildman–Crippen LogP) is 3.06. The van der Waals surface area contributed by atoms with Crippen LogP contribution in [0.5, 0.6) is 5.75 Å². The summed E-state index contributed by atoms with van der Waals surface area (Å²) in [7, 11) is 1.48. The van der Waals surface area contributed by atoms with Crippen LogP contribution in [0, 0.1) is 0 Å². The molecule has 0 aliphatic heterocycles. The first-order chi connectivity index (χ1) is 9.86. The summed E-state index contributed by atoms with van der Waals surface area (Å²) in [6.45, 7) is 4.16. The number of hydrogen-bond acceptors (Lipinski definition) is 3. The third-order valence-corrected chi connectivity index (χ3v) is 3.30. The molecule has 21 heavy (non-hydrogen) atoms. The Balaban J connectivity index is 2.93. The maximum absolute atomic E-state index is 12.6. The lowest BCUT2D eigenvalue weighted by Crippen LogP contribution is -2.38. The Morgan fingerprint density at radius 2 is 2.05 bits per heavy atom. The molecule has 0 saturated carbocycles. The van der Waals surface area contributed by atoms with E-state index in [4.69, 9.17) is 21.4 Å². The molecule has 0 unspecified atom stereocenters. The van der Waals surface area contributed by atoms with Crippen LogP contribution in [0.2, 0.25) is 5.02 Å². The fraction of sp³-hybridized carbons (Fsp3) is 0.467. The van der Waals surface area contributed by atoms with Crippen molar-refractivity contribution < 1.29 is 19.4 Å². The second-order valence-electron chi connectivity index (χ2n) is 4.93. The number of carbonyl (C=O) groups is 2. The zero-order valence-corrected chi connectivity index (χ0v) is 13.2. The van der Waals surface area contributed by atoms with E-state index in [9.17, 15) is 9.59 Å². The number of aliphatic carboxylic acids is 1. The second-order valence-corrected chi connectivity index (χ2v) is 5.37. The Bertz CT molecular complexity index is 516. The Morgan fingerprint density at radius 1 is 1.38 bits per heavy atom. The average Bonchev–Trinajstić information content (AvgIpc) is 2.42. The fourth-order valence-electron chi connectivity index (χ4n) is 1.99. The van der Waals surface area contributed by atoms with Crippen molar-refractivity contribution in [1.29, 1.82) is 0 Å². The molecule has 0 atom stereocenters. The monoisotopic (exact) mass is 313 g/mol. The van der Waals surface area contributed by atoms with E-state index in [1.807, 2.05) is 13.8 Å². The van der Waals surface area contributed by atoms with Crippen LogP contribution in [-0.2, 0) is 4.79 Å². The number of nitrogens with zero attached hydrogens (tertiary/aromatic N) is 1. The molecule has 5 nitrogen and oxygen atoms in total. The number of benzene rings is 1. The fourth-order valence-corrected chi connectivity index (χ4v) is 2.15. The van der Waals surface area contributed by atoms with E-state index in [-0.39, 0.29) is 18.4 Å². The molecule has 0 aliphatic carbocycles.